The monoisotopic (exact) mass is 310 g/mol. The van der Waals surface area contributed by atoms with E-state index in [0.717, 1.165) is 49.3 Å². The van der Waals surface area contributed by atoms with E-state index in [0.29, 0.717) is 11.6 Å². The van der Waals surface area contributed by atoms with Crippen LogP contribution >= 0.6 is 0 Å². The average molecular weight is 310 g/mol. The third-order valence-corrected chi connectivity index (χ3v) is 4.15. The quantitative estimate of drug-likeness (QED) is 0.754. The SMILES string of the molecule is CN1CCCN(c2nc(-c3nn[nH]n3)nc3ccccc23)CC1. The number of aromatic nitrogens is 6. The van der Waals surface area contributed by atoms with Gasteiger partial charge in [0.25, 0.3) is 0 Å². The van der Waals surface area contributed by atoms with Crippen LogP contribution in [-0.4, -0.2) is 68.7 Å². The van der Waals surface area contributed by atoms with Gasteiger partial charge in [0.1, 0.15) is 5.82 Å². The maximum atomic E-state index is 4.75. The first-order valence-electron chi connectivity index (χ1n) is 7.75. The topological polar surface area (TPSA) is 86.7 Å². The second-order valence-electron chi connectivity index (χ2n) is 5.77. The van der Waals surface area contributed by atoms with Gasteiger partial charge in [0, 0.05) is 25.0 Å². The molecule has 0 amide bonds. The fraction of sp³-hybridized carbons (Fsp3) is 0.400. The number of nitrogens with one attached hydrogen (secondary N) is 1. The molecule has 3 aromatic rings. The zero-order valence-corrected chi connectivity index (χ0v) is 13.0. The van der Waals surface area contributed by atoms with E-state index in [1.54, 1.807) is 0 Å². The Kier molecular flexibility index (Phi) is 3.58. The number of H-pyrrole nitrogens is 1. The molecular formula is C15H18N8. The highest BCUT2D eigenvalue weighted by Gasteiger charge is 2.19. The number of tetrazole rings is 1. The molecule has 3 heterocycles. The molecule has 1 aromatic carbocycles. The molecule has 1 aliphatic rings. The first-order valence-corrected chi connectivity index (χ1v) is 7.75. The number of fused-ring (bicyclic) bond motifs is 1. The Morgan fingerprint density at radius 2 is 1.91 bits per heavy atom. The maximum Gasteiger partial charge on any atom is 0.241 e. The predicted octanol–water partition coefficient (Wildman–Crippen LogP) is 0.952. The lowest BCUT2D eigenvalue weighted by atomic mass is 10.2. The van der Waals surface area contributed by atoms with Gasteiger partial charge in [-0.15, -0.1) is 10.2 Å². The molecule has 0 spiro atoms. The lowest BCUT2D eigenvalue weighted by Crippen LogP contribution is -2.29. The molecule has 1 aliphatic heterocycles. The van der Waals surface area contributed by atoms with Gasteiger partial charge in [0.2, 0.25) is 11.6 Å². The number of rotatable bonds is 2. The van der Waals surface area contributed by atoms with Crippen LogP contribution in [0.2, 0.25) is 0 Å². The predicted molar refractivity (Wildman–Crippen MR) is 87.0 cm³/mol. The molecule has 8 nitrogen and oxygen atoms in total. The summed E-state index contributed by atoms with van der Waals surface area (Å²) in [6.07, 6.45) is 1.12. The molecular weight excluding hydrogens is 292 g/mol. The Labute approximate surface area is 133 Å². The summed E-state index contributed by atoms with van der Waals surface area (Å²) in [6.45, 7) is 4.06. The van der Waals surface area contributed by atoms with Gasteiger partial charge in [-0.1, -0.05) is 12.1 Å². The number of nitrogens with zero attached hydrogens (tertiary/aromatic N) is 7. The summed E-state index contributed by atoms with van der Waals surface area (Å²) in [5.74, 6) is 1.87. The molecule has 0 atom stereocenters. The summed E-state index contributed by atoms with van der Waals surface area (Å²) >= 11 is 0. The van der Waals surface area contributed by atoms with Gasteiger partial charge >= 0.3 is 0 Å². The molecule has 2 aromatic heterocycles. The van der Waals surface area contributed by atoms with E-state index < -0.39 is 0 Å². The number of para-hydroxylation sites is 1. The molecule has 1 saturated heterocycles. The zero-order valence-electron chi connectivity index (χ0n) is 13.0. The summed E-state index contributed by atoms with van der Waals surface area (Å²) < 4.78 is 0. The Balaban J connectivity index is 1.83. The molecule has 4 rings (SSSR count). The van der Waals surface area contributed by atoms with Gasteiger partial charge in [-0.25, -0.2) is 9.97 Å². The van der Waals surface area contributed by atoms with Crippen molar-refractivity contribution in [1.29, 1.82) is 0 Å². The van der Waals surface area contributed by atoms with Gasteiger partial charge in [-0.3, -0.25) is 0 Å². The Hall–Kier alpha value is -2.61. The summed E-state index contributed by atoms with van der Waals surface area (Å²) in [5.41, 5.74) is 0.898. The van der Waals surface area contributed by atoms with Gasteiger partial charge < -0.3 is 9.80 Å². The van der Waals surface area contributed by atoms with Crippen LogP contribution in [0.25, 0.3) is 22.6 Å². The van der Waals surface area contributed by atoms with Crippen LogP contribution in [0.3, 0.4) is 0 Å². The van der Waals surface area contributed by atoms with Crippen molar-refractivity contribution in [3.8, 4) is 11.6 Å². The van der Waals surface area contributed by atoms with Crippen LogP contribution in [-0.2, 0) is 0 Å². The van der Waals surface area contributed by atoms with Crippen molar-refractivity contribution < 1.29 is 0 Å². The normalized spacial score (nSPS) is 16.7. The minimum Gasteiger partial charge on any atom is -0.355 e. The van der Waals surface area contributed by atoms with Crippen molar-refractivity contribution >= 4 is 16.7 Å². The third kappa shape index (κ3) is 2.72. The van der Waals surface area contributed by atoms with E-state index in [1.807, 2.05) is 18.2 Å². The molecule has 0 radical (unpaired) electrons. The van der Waals surface area contributed by atoms with E-state index in [-0.39, 0.29) is 0 Å². The molecule has 1 fully saturated rings. The average Bonchev–Trinajstić information content (AvgIpc) is 3.03. The largest absolute Gasteiger partial charge is 0.355 e. The van der Waals surface area contributed by atoms with Crippen LogP contribution in [0.1, 0.15) is 6.42 Å². The lowest BCUT2D eigenvalue weighted by molar-refractivity contribution is 0.360. The second-order valence-corrected chi connectivity index (χ2v) is 5.77. The number of benzene rings is 1. The molecule has 0 saturated carbocycles. The minimum atomic E-state index is 0.420. The molecule has 0 aliphatic carbocycles. The van der Waals surface area contributed by atoms with Crippen molar-refractivity contribution in [2.75, 3.05) is 38.1 Å². The van der Waals surface area contributed by atoms with Gasteiger partial charge in [0.15, 0.2) is 0 Å². The summed E-state index contributed by atoms with van der Waals surface area (Å²) in [4.78, 5) is 14.0. The number of likely N-dealkylation sites (N-methyl/N-ethyl adjacent to an activating group) is 1. The minimum absolute atomic E-state index is 0.420. The number of anilines is 1. The third-order valence-electron chi connectivity index (χ3n) is 4.15. The molecule has 8 heteroatoms. The van der Waals surface area contributed by atoms with Crippen LogP contribution in [0.4, 0.5) is 5.82 Å². The highest BCUT2D eigenvalue weighted by molar-refractivity contribution is 5.90. The second kappa shape index (κ2) is 5.88. The molecule has 118 valence electrons. The van der Waals surface area contributed by atoms with Crippen LogP contribution in [0.15, 0.2) is 24.3 Å². The van der Waals surface area contributed by atoms with E-state index in [1.165, 1.54) is 0 Å². The highest BCUT2D eigenvalue weighted by atomic mass is 15.5. The molecule has 23 heavy (non-hydrogen) atoms. The van der Waals surface area contributed by atoms with Crippen molar-refractivity contribution in [2.45, 2.75) is 6.42 Å². The summed E-state index contributed by atoms with van der Waals surface area (Å²) in [6, 6.07) is 8.07. The van der Waals surface area contributed by atoms with Crippen molar-refractivity contribution in [2.24, 2.45) is 0 Å². The van der Waals surface area contributed by atoms with Gasteiger partial charge in [0.05, 0.1) is 5.52 Å². The van der Waals surface area contributed by atoms with E-state index in [4.69, 9.17) is 4.98 Å². The van der Waals surface area contributed by atoms with Crippen molar-refractivity contribution in [3.05, 3.63) is 24.3 Å². The lowest BCUT2D eigenvalue weighted by Gasteiger charge is -2.23. The van der Waals surface area contributed by atoms with Crippen molar-refractivity contribution in [3.63, 3.8) is 0 Å². The number of hydrogen-bond donors (Lipinski definition) is 1. The number of hydrogen-bond acceptors (Lipinski definition) is 7. The Bertz CT molecular complexity index is 800. The van der Waals surface area contributed by atoms with Crippen molar-refractivity contribution in [1.82, 2.24) is 35.5 Å². The van der Waals surface area contributed by atoms with E-state index in [9.17, 15) is 0 Å². The van der Waals surface area contributed by atoms with Crippen LogP contribution in [0.5, 0.6) is 0 Å². The van der Waals surface area contributed by atoms with Crippen LogP contribution < -0.4 is 4.90 Å². The number of aromatic amines is 1. The molecule has 0 unspecified atom stereocenters. The fourth-order valence-corrected chi connectivity index (χ4v) is 2.92. The first-order chi connectivity index (χ1) is 11.3. The first kappa shape index (κ1) is 14.0. The summed E-state index contributed by atoms with van der Waals surface area (Å²) in [7, 11) is 2.16. The van der Waals surface area contributed by atoms with Crippen LogP contribution in [0, 0.1) is 0 Å². The van der Waals surface area contributed by atoms with Gasteiger partial charge in [-0.05, 0) is 37.4 Å². The maximum absolute atomic E-state index is 4.75. The Morgan fingerprint density at radius 3 is 2.78 bits per heavy atom. The summed E-state index contributed by atoms with van der Waals surface area (Å²) in [5, 5.41) is 15.2. The van der Waals surface area contributed by atoms with E-state index >= 15 is 0 Å². The molecule has 1 N–H and O–H groups in total. The fourth-order valence-electron chi connectivity index (χ4n) is 2.92. The Morgan fingerprint density at radius 1 is 1.00 bits per heavy atom. The van der Waals surface area contributed by atoms with E-state index in [2.05, 4.69) is 48.5 Å². The van der Waals surface area contributed by atoms with Gasteiger partial charge in [-0.2, -0.15) is 5.21 Å². The molecule has 0 bridgehead atoms. The smallest absolute Gasteiger partial charge is 0.241 e. The highest BCUT2D eigenvalue weighted by Crippen LogP contribution is 2.26. The zero-order chi connectivity index (χ0) is 15.6. The standard InChI is InChI=1S/C15H18N8/c1-22-7-4-8-23(10-9-22)15-11-5-2-3-6-12(11)16-13(17-15)14-18-20-21-19-14/h2-3,5-6H,4,7-10H2,1H3,(H,18,19,20,21).